The number of nitrogens with zero attached hydrogens (tertiary/aromatic N) is 1. The summed E-state index contributed by atoms with van der Waals surface area (Å²) in [7, 11) is 0. The fourth-order valence-corrected chi connectivity index (χ4v) is 5.07. The van der Waals surface area contributed by atoms with Crippen LogP contribution < -0.4 is 5.56 Å². The minimum Gasteiger partial charge on any atom is -0.301 e. The maximum absolute atomic E-state index is 12.6. The molecule has 2 aromatic heterocycles. The van der Waals surface area contributed by atoms with Gasteiger partial charge in [0.2, 0.25) is 0 Å². The van der Waals surface area contributed by atoms with Crippen LogP contribution in [0.5, 0.6) is 0 Å². The summed E-state index contributed by atoms with van der Waals surface area (Å²) in [5, 5.41) is 3.90. The summed E-state index contributed by atoms with van der Waals surface area (Å²) in [4.78, 5) is 21.0. The molecule has 2 heterocycles. The number of H-pyrrole nitrogens is 1. The molecule has 3 aromatic rings. The predicted octanol–water partition coefficient (Wildman–Crippen LogP) is 5.03. The lowest BCUT2D eigenvalue weighted by molar-refractivity contribution is 0.686. The largest absolute Gasteiger partial charge is 0.301 e. The molecule has 0 unspecified atom stereocenters. The second-order valence-corrected chi connectivity index (χ2v) is 8.98. The topological polar surface area (TPSA) is 45.8 Å². The van der Waals surface area contributed by atoms with Crippen LogP contribution in [0.15, 0.2) is 33.5 Å². The zero-order chi connectivity index (χ0) is 16.7. The zero-order valence-electron chi connectivity index (χ0n) is 13.9. The van der Waals surface area contributed by atoms with Crippen LogP contribution in [0.25, 0.3) is 21.3 Å². The Morgan fingerprint density at radius 1 is 1.21 bits per heavy atom. The van der Waals surface area contributed by atoms with Gasteiger partial charge in [-0.05, 0) is 42.4 Å². The van der Waals surface area contributed by atoms with E-state index in [2.05, 4.69) is 47.4 Å². The number of fused-ring (bicyclic) bond motifs is 2. The molecule has 1 aliphatic rings. The monoisotopic (exact) mass is 356 g/mol. The van der Waals surface area contributed by atoms with E-state index >= 15 is 0 Å². The van der Waals surface area contributed by atoms with Gasteiger partial charge in [-0.1, -0.05) is 43.8 Å². The van der Waals surface area contributed by atoms with Gasteiger partial charge in [-0.3, -0.25) is 4.79 Å². The van der Waals surface area contributed by atoms with Gasteiger partial charge in [0.05, 0.1) is 5.39 Å². The van der Waals surface area contributed by atoms with Gasteiger partial charge in [0.15, 0.2) is 5.16 Å². The second kappa shape index (κ2) is 6.37. The highest BCUT2D eigenvalue weighted by atomic mass is 32.2. The Morgan fingerprint density at radius 2 is 2.00 bits per heavy atom. The van der Waals surface area contributed by atoms with E-state index in [1.165, 1.54) is 30.4 Å². The first kappa shape index (κ1) is 15.9. The van der Waals surface area contributed by atoms with Crippen LogP contribution in [0.3, 0.4) is 0 Å². The van der Waals surface area contributed by atoms with Crippen molar-refractivity contribution < 1.29 is 0 Å². The van der Waals surface area contributed by atoms with Crippen molar-refractivity contribution in [1.29, 1.82) is 0 Å². The molecule has 4 rings (SSSR count). The molecular weight excluding hydrogens is 336 g/mol. The van der Waals surface area contributed by atoms with Crippen LogP contribution in [0.2, 0.25) is 0 Å². The van der Waals surface area contributed by atoms with Gasteiger partial charge in [0, 0.05) is 16.2 Å². The van der Waals surface area contributed by atoms with E-state index in [-0.39, 0.29) is 5.56 Å². The Hall–Kier alpha value is -1.59. The maximum atomic E-state index is 12.6. The molecule has 24 heavy (non-hydrogen) atoms. The van der Waals surface area contributed by atoms with Crippen LogP contribution in [0.4, 0.5) is 0 Å². The highest BCUT2D eigenvalue weighted by Crippen LogP contribution is 2.34. The summed E-state index contributed by atoms with van der Waals surface area (Å²) < 4.78 is 0. The summed E-state index contributed by atoms with van der Waals surface area (Å²) in [6.45, 7) is 4.20. The molecule has 3 nitrogen and oxygen atoms in total. The van der Waals surface area contributed by atoms with Crippen molar-refractivity contribution in [3.8, 4) is 11.1 Å². The van der Waals surface area contributed by atoms with E-state index < -0.39 is 0 Å². The Morgan fingerprint density at radius 3 is 2.79 bits per heavy atom. The third kappa shape index (κ3) is 2.91. The van der Waals surface area contributed by atoms with Gasteiger partial charge >= 0.3 is 0 Å². The molecule has 0 spiro atoms. The summed E-state index contributed by atoms with van der Waals surface area (Å²) in [6.07, 6.45) is 4.87. The highest BCUT2D eigenvalue weighted by molar-refractivity contribution is 7.99. The van der Waals surface area contributed by atoms with Crippen LogP contribution in [-0.2, 0) is 12.8 Å². The number of thiophene rings is 1. The third-order valence-electron chi connectivity index (χ3n) is 4.43. The first-order chi connectivity index (χ1) is 11.6. The van der Waals surface area contributed by atoms with Gasteiger partial charge in [-0.2, -0.15) is 0 Å². The van der Waals surface area contributed by atoms with Crippen molar-refractivity contribution in [1.82, 2.24) is 9.97 Å². The average molecular weight is 357 g/mol. The van der Waals surface area contributed by atoms with Crippen molar-refractivity contribution in [3.05, 3.63) is 45.1 Å². The number of aromatic amines is 1. The number of rotatable bonds is 3. The first-order valence-corrected chi connectivity index (χ1v) is 10.2. The highest BCUT2D eigenvalue weighted by Gasteiger charge is 2.16. The van der Waals surface area contributed by atoms with Crippen molar-refractivity contribution in [3.63, 3.8) is 0 Å². The molecule has 0 radical (unpaired) electrons. The number of benzene rings is 1. The quantitative estimate of drug-likeness (QED) is 0.529. The van der Waals surface area contributed by atoms with E-state index in [0.29, 0.717) is 10.4 Å². The SMILES string of the molecule is CC(C)Sc1nc2scc(-c3ccc4c(c3)CCCC4)c2c(=O)[nH]1. The molecule has 1 aliphatic carbocycles. The number of aromatic nitrogens is 2. The van der Waals surface area contributed by atoms with Crippen molar-refractivity contribution in [2.75, 3.05) is 0 Å². The van der Waals surface area contributed by atoms with E-state index in [1.54, 1.807) is 23.1 Å². The average Bonchev–Trinajstić information content (AvgIpc) is 2.98. The van der Waals surface area contributed by atoms with E-state index in [0.717, 1.165) is 27.8 Å². The Balaban J connectivity index is 1.82. The van der Waals surface area contributed by atoms with E-state index in [4.69, 9.17) is 0 Å². The molecule has 124 valence electrons. The Kier molecular flexibility index (Phi) is 4.22. The molecule has 0 saturated heterocycles. The van der Waals surface area contributed by atoms with Gasteiger partial charge in [-0.15, -0.1) is 11.3 Å². The van der Waals surface area contributed by atoms with Crippen molar-refractivity contribution in [2.45, 2.75) is 49.9 Å². The number of hydrogen-bond acceptors (Lipinski definition) is 4. The molecule has 0 bridgehead atoms. The third-order valence-corrected chi connectivity index (χ3v) is 6.19. The van der Waals surface area contributed by atoms with Crippen LogP contribution in [0, 0.1) is 0 Å². The lowest BCUT2D eigenvalue weighted by atomic mass is 9.89. The number of nitrogens with one attached hydrogen (secondary N) is 1. The molecule has 1 aromatic carbocycles. The van der Waals surface area contributed by atoms with Crippen molar-refractivity contribution in [2.24, 2.45) is 0 Å². The van der Waals surface area contributed by atoms with Crippen LogP contribution in [0.1, 0.15) is 37.8 Å². The number of thioether (sulfide) groups is 1. The molecular formula is C19H20N2OS2. The Labute approximate surface area is 149 Å². The van der Waals surface area contributed by atoms with Crippen LogP contribution >= 0.6 is 23.1 Å². The fraction of sp³-hybridized carbons (Fsp3) is 0.368. The molecule has 0 aliphatic heterocycles. The number of aryl methyl sites for hydroxylation is 2. The summed E-state index contributed by atoms with van der Waals surface area (Å²) in [5.74, 6) is 0. The molecule has 5 heteroatoms. The number of hydrogen-bond donors (Lipinski definition) is 1. The molecule has 0 saturated carbocycles. The van der Waals surface area contributed by atoms with Gasteiger partial charge < -0.3 is 4.98 Å². The van der Waals surface area contributed by atoms with E-state index in [1.807, 2.05) is 0 Å². The van der Waals surface area contributed by atoms with Gasteiger partial charge in [-0.25, -0.2) is 4.98 Å². The van der Waals surface area contributed by atoms with Crippen LogP contribution in [-0.4, -0.2) is 15.2 Å². The molecule has 0 amide bonds. The standard InChI is InChI=1S/C19H20N2OS2/c1-11(2)24-19-20-17(22)16-15(10-23-18(16)21-19)14-8-7-12-5-3-4-6-13(12)9-14/h7-11H,3-6H2,1-2H3,(H,20,21,22). The molecule has 0 fully saturated rings. The zero-order valence-corrected chi connectivity index (χ0v) is 15.5. The van der Waals surface area contributed by atoms with E-state index in [9.17, 15) is 4.79 Å². The fourth-order valence-electron chi connectivity index (χ4n) is 3.32. The minimum absolute atomic E-state index is 0.0304. The molecule has 0 atom stereocenters. The maximum Gasteiger partial charge on any atom is 0.260 e. The lowest BCUT2D eigenvalue weighted by Crippen LogP contribution is -2.09. The lowest BCUT2D eigenvalue weighted by Gasteiger charge is -2.16. The minimum atomic E-state index is -0.0304. The predicted molar refractivity (Wildman–Crippen MR) is 103 cm³/mol. The van der Waals surface area contributed by atoms with Gasteiger partial charge in [0.25, 0.3) is 5.56 Å². The summed E-state index contributed by atoms with van der Waals surface area (Å²) in [5.41, 5.74) is 5.02. The normalized spacial score (nSPS) is 14.3. The smallest absolute Gasteiger partial charge is 0.260 e. The first-order valence-electron chi connectivity index (χ1n) is 8.42. The summed E-state index contributed by atoms with van der Waals surface area (Å²) in [6, 6.07) is 6.66. The second-order valence-electron chi connectivity index (χ2n) is 6.56. The van der Waals surface area contributed by atoms with Crippen molar-refractivity contribution >= 4 is 33.3 Å². The Bertz CT molecular complexity index is 956. The molecule has 1 N–H and O–H groups in total. The van der Waals surface area contributed by atoms with Gasteiger partial charge in [0.1, 0.15) is 4.83 Å². The summed E-state index contributed by atoms with van der Waals surface area (Å²) >= 11 is 3.15.